The summed E-state index contributed by atoms with van der Waals surface area (Å²) in [6, 6.07) is 0. The highest BCUT2D eigenvalue weighted by molar-refractivity contribution is 14.1. The number of hydrogen-bond donors (Lipinski definition) is 0. The van der Waals surface area contributed by atoms with Gasteiger partial charge in [-0.25, -0.2) is 0 Å². The maximum atomic E-state index is 11.3. The Morgan fingerprint density at radius 1 is 1.62 bits per heavy atom. The van der Waals surface area contributed by atoms with Crippen molar-refractivity contribution in [3.05, 3.63) is 0 Å². The van der Waals surface area contributed by atoms with Gasteiger partial charge in [-0.2, -0.15) is 0 Å². The molecule has 1 aliphatic rings. The summed E-state index contributed by atoms with van der Waals surface area (Å²) in [6.07, 6.45) is 0.540. The lowest BCUT2D eigenvalue weighted by atomic mass is 10.3. The molecule has 13 heavy (non-hydrogen) atoms. The van der Waals surface area contributed by atoms with Gasteiger partial charge in [0.25, 0.3) is 0 Å². The van der Waals surface area contributed by atoms with Gasteiger partial charge in [0, 0.05) is 19.4 Å². The van der Waals surface area contributed by atoms with Crippen LogP contribution in [0.25, 0.3) is 0 Å². The molecule has 72 valence electrons. The quantitative estimate of drug-likeness (QED) is 0.433. The van der Waals surface area contributed by atoms with Crippen molar-refractivity contribution in [2.45, 2.75) is 23.7 Å². The van der Waals surface area contributed by atoms with Crippen molar-refractivity contribution in [2.75, 3.05) is 6.54 Å². The smallest absolute Gasteiger partial charge is 0.242 e. The van der Waals surface area contributed by atoms with Crippen molar-refractivity contribution in [2.24, 2.45) is 0 Å². The molecule has 0 aliphatic carbocycles. The molecule has 0 spiro atoms. The number of likely N-dealkylation sites (tertiary alicyclic amines) is 1. The van der Waals surface area contributed by atoms with Gasteiger partial charge in [-0.1, -0.05) is 22.6 Å². The zero-order valence-electron chi connectivity index (χ0n) is 7.25. The molecule has 1 heterocycles. The Balaban J connectivity index is 2.54. The van der Waals surface area contributed by atoms with Crippen molar-refractivity contribution >= 4 is 40.2 Å². The fraction of sp³-hybridized carbons (Fsp3) is 0.625. The molecule has 0 radical (unpaired) electrons. The first-order valence-corrected chi connectivity index (χ1v) is 5.24. The molecule has 0 N–H and O–H groups in total. The Bertz CT molecular complexity index is 264. The highest BCUT2D eigenvalue weighted by atomic mass is 127. The number of rotatable bonds is 3. The summed E-state index contributed by atoms with van der Waals surface area (Å²) in [5.74, 6) is -0.324. The van der Waals surface area contributed by atoms with Gasteiger partial charge in [0.2, 0.25) is 11.8 Å². The third-order valence-electron chi connectivity index (χ3n) is 1.88. The molecule has 1 aliphatic heterocycles. The standard InChI is InChI=1S/C8H10INO3/c1-5(11)2-3-10-7(12)4-6(9)8(10)13/h6H,2-4H2,1H3. The molecule has 1 rings (SSSR count). The molecule has 0 aromatic carbocycles. The Hall–Kier alpha value is -0.460. The number of imide groups is 1. The number of carbonyl (C=O) groups excluding carboxylic acids is 3. The van der Waals surface area contributed by atoms with E-state index in [0.717, 1.165) is 0 Å². The Kier molecular flexibility index (Phi) is 3.40. The molecule has 1 unspecified atom stereocenters. The van der Waals surface area contributed by atoms with E-state index < -0.39 is 0 Å². The second-order valence-electron chi connectivity index (χ2n) is 3.01. The van der Waals surface area contributed by atoms with E-state index in [1.54, 1.807) is 0 Å². The van der Waals surface area contributed by atoms with Crippen molar-refractivity contribution in [1.29, 1.82) is 0 Å². The number of Topliss-reactive ketones (excluding diaryl/α,β-unsaturated/α-hetero) is 1. The molecule has 0 aromatic heterocycles. The molecule has 1 atom stereocenters. The number of alkyl halides is 1. The van der Waals surface area contributed by atoms with Gasteiger partial charge in [-0.05, 0) is 6.92 Å². The Morgan fingerprint density at radius 2 is 2.23 bits per heavy atom. The fourth-order valence-electron chi connectivity index (χ4n) is 1.15. The average Bonchev–Trinajstić information content (AvgIpc) is 2.24. The van der Waals surface area contributed by atoms with Crippen LogP contribution < -0.4 is 0 Å². The monoisotopic (exact) mass is 295 g/mol. The number of halogens is 1. The van der Waals surface area contributed by atoms with Crippen molar-refractivity contribution < 1.29 is 14.4 Å². The van der Waals surface area contributed by atoms with E-state index in [1.165, 1.54) is 11.8 Å². The van der Waals surface area contributed by atoms with Gasteiger partial charge in [0.15, 0.2) is 0 Å². The molecule has 0 aromatic rings. The van der Waals surface area contributed by atoms with Gasteiger partial charge < -0.3 is 0 Å². The lowest BCUT2D eigenvalue weighted by Gasteiger charge is -2.12. The first-order chi connectivity index (χ1) is 6.02. The van der Waals surface area contributed by atoms with Gasteiger partial charge in [0.05, 0.1) is 3.92 Å². The summed E-state index contributed by atoms with van der Waals surface area (Å²) in [4.78, 5) is 34.3. The SMILES string of the molecule is CC(=O)CCN1C(=O)CC(I)C1=O. The molecular formula is C8H10INO3. The summed E-state index contributed by atoms with van der Waals surface area (Å²) in [7, 11) is 0. The van der Waals surface area contributed by atoms with E-state index in [0.29, 0.717) is 0 Å². The first kappa shape index (κ1) is 10.6. The lowest BCUT2D eigenvalue weighted by Crippen LogP contribution is -2.32. The molecular weight excluding hydrogens is 285 g/mol. The third-order valence-corrected chi connectivity index (χ3v) is 2.85. The number of hydrogen-bond acceptors (Lipinski definition) is 3. The maximum absolute atomic E-state index is 11.3. The van der Waals surface area contributed by atoms with Crippen LogP contribution in [-0.2, 0) is 14.4 Å². The van der Waals surface area contributed by atoms with Crippen LogP contribution in [0.4, 0.5) is 0 Å². The minimum atomic E-state index is -0.239. The van der Waals surface area contributed by atoms with Crippen molar-refractivity contribution in [1.82, 2.24) is 4.90 Å². The Labute approximate surface area is 89.8 Å². The summed E-state index contributed by atoms with van der Waals surface area (Å²) in [5, 5.41) is 0. The Morgan fingerprint density at radius 3 is 2.62 bits per heavy atom. The maximum Gasteiger partial charge on any atom is 0.242 e. The van der Waals surface area contributed by atoms with Crippen LogP contribution >= 0.6 is 22.6 Å². The molecule has 1 fully saturated rings. The number of ketones is 1. The first-order valence-electron chi connectivity index (χ1n) is 4.00. The molecule has 0 bridgehead atoms. The molecule has 1 saturated heterocycles. The second kappa shape index (κ2) is 4.17. The molecule has 5 heteroatoms. The van der Waals surface area contributed by atoms with E-state index >= 15 is 0 Å². The lowest BCUT2D eigenvalue weighted by molar-refractivity contribution is -0.138. The third kappa shape index (κ3) is 2.49. The van der Waals surface area contributed by atoms with Crippen molar-refractivity contribution in [3.8, 4) is 0 Å². The minimum Gasteiger partial charge on any atom is -0.300 e. The predicted octanol–water partition coefficient (Wildman–Crippen LogP) is 0.528. The zero-order valence-corrected chi connectivity index (χ0v) is 9.41. The summed E-state index contributed by atoms with van der Waals surface area (Å²) >= 11 is 1.95. The largest absolute Gasteiger partial charge is 0.300 e. The summed E-state index contributed by atoms with van der Waals surface area (Å²) in [5.41, 5.74) is 0. The van der Waals surface area contributed by atoms with E-state index in [1.807, 2.05) is 22.6 Å². The average molecular weight is 295 g/mol. The van der Waals surface area contributed by atoms with E-state index in [9.17, 15) is 14.4 Å². The fourth-order valence-corrected chi connectivity index (χ4v) is 1.86. The van der Waals surface area contributed by atoms with Gasteiger partial charge in [-0.3, -0.25) is 19.3 Å². The van der Waals surface area contributed by atoms with Crippen molar-refractivity contribution in [3.63, 3.8) is 0 Å². The minimum absolute atomic E-state index is 0.00231. The zero-order chi connectivity index (χ0) is 10.0. The van der Waals surface area contributed by atoms with Crippen LogP contribution in [0.5, 0.6) is 0 Å². The summed E-state index contributed by atoms with van der Waals surface area (Å²) in [6.45, 7) is 1.69. The number of nitrogens with zero attached hydrogens (tertiary/aromatic N) is 1. The van der Waals surface area contributed by atoms with E-state index in [4.69, 9.17) is 0 Å². The topological polar surface area (TPSA) is 54.5 Å². The normalized spacial score (nSPS) is 22.6. The second-order valence-corrected chi connectivity index (χ2v) is 4.51. The molecule has 4 nitrogen and oxygen atoms in total. The van der Waals surface area contributed by atoms with Crippen LogP contribution in [0.15, 0.2) is 0 Å². The van der Waals surface area contributed by atoms with Gasteiger partial charge >= 0.3 is 0 Å². The van der Waals surface area contributed by atoms with Crippen LogP contribution in [0.3, 0.4) is 0 Å². The molecule has 2 amide bonds. The van der Waals surface area contributed by atoms with Crippen LogP contribution in [-0.4, -0.2) is 33.0 Å². The van der Waals surface area contributed by atoms with Gasteiger partial charge in [-0.15, -0.1) is 0 Å². The summed E-state index contributed by atoms with van der Waals surface area (Å²) < 4.78 is -0.239. The highest BCUT2D eigenvalue weighted by Crippen LogP contribution is 2.20. The van der Waals surface area contributed by atoms with Crippen LogP contribution in [0, 0.1) is 0 Å². The van der Waals surface area contributed by atoms with E-state index in [2.05, 4.69) is 0 Å². The van der Waals surface area contributed by atoms with E-state index in [-0.39, 0.29) is 40.9 Å². The predicted molar refractivity (Wildman–Crippen MR) is 54.4 cm³/mol. The highest BCUT2D eigenvalue weighted by Gasteiger charge is 2.36. The number of amides is 2. The molecule has 0 saturated carbocycles. The van der Waals surface area contributed by atoms with Crippen LogP contribution in [0.1, 0.15) is 19.8 Å². The van der Waals surface area contributed by atoms with Crippen LogP contribution in [0.2, 0.25) is 0 Å². The number of carbonyl (C=O) groups is 3. The van der Waals surface area contributed by atoms with Gasteiger partial charge in [0.1, 0.15) is 5.78 Å².